The fraction of sp³-hybridized carbons (Fsp3) is 0.250. The maximum atomic E-state index is 11.7. The zero-order valence-electron chi connectivity index (χ0n) is 16.3. The lowest BCUT2D eigenvalue weighted by Gasteiger charge is -2.30. The fourth-order valence-corrected chi connectivity index (χ4v) is 4.16. The van der Waals surface area contributed by atoms with Gasteiger partial charge < -0.3 is 9.42 Å². The van der Waals surface area contributed by atoms with Crippen molar-refractivity contribution in [1.82, 2.24) is 30.4 Å². The molecule has 2 fully saturated rings. The zero-order valence-corrected chi connectivity index (χ0v) is 17.1. The number of aromatic nitrogens is 5. The standard InChI is InChI=1S/C20H17N7O3S/c28-17-15(31-20(29)25-17)11-14-3-8-22-19(23-14)27-9-4-13(5-10-27)18-24-16(26-30-18)12-1-6-21-7-2-12/h1-3,6-8,11,13H,4-5,9-10H2,(H,25,28,29)/b15-11-. The molecule has 0 bridgehead atoms. The molecule has 3 aromatic heterocycles. The predicted molar refractivity (Wildman–Crippen MR) is 113 cm³/mol. The second-order valence-corrected chi connectivity index (χ2v) is 8.10. The molecule has 0 aliphatic carbocycles. The number of carbonyl (C=O) groups excluding carboxylic acids is 2. The van der Waals surface area contributed by atoms with Gasteiger partial charge in [-0.05, 0) is 48.9 Å². The normalized spacial score (nSPS) is 18.6. The minimum Gasteiger partial charge on any atom is -0.341 e. The number of hydrogen-bond acceptors (Lipinski definition) is 10. The number of pyridine rings is 1. The lowest BCUT2D eigenvalue weighted by Crippen LogP contribution is -2.34. The SMILES string of the molecule is O=C1NC(=O)/C(=C/c2ccnc(N3CCC(c4nc(-c5ccncc5)no4)CC3)n2)S1. The molecule has 0 saturated carbocycles. The summed E-state index contributed by atoms with van der Waals surface area (Å²) in [6, 6.07) is 5.40. The van der Waals surface area contributed by atoms with Gasteiger partial charge in [0.25, 0.3) is 11.1 Å². The highest BCUT2D eigenvalue weighted by molar-refractivity contribution is 8.18. The van der Waals surface area contributed by atoms with Gasteiger partial charge in [0, 0.05) is 43.2 Å². The van der Waals surface area contributed by atoms with Crippen molar-refractivity contribution >= 4 is 34.9 Å². The van der Waals surface area contributed by atoms with Crippen LogP contribution in [0.5, 0.6) is 0 Å². The molecule has 0 atom stereocenters. The summed E-state index contributed by atoms with van der Waals surface area (Å²) in [6.45, 7) is 1.48. The molecule has 2 aliphatic heterocycles. The first-order chi connectivity index (χ1) is 15.2. The number of hydrogen-bond donors (Lipinski definition) is 1. The molecule has 2 saturated heterocycles. The highest BCUT2D eigenvalue weighted by Crippen LogP contribution is 2.30. The van der Waals surface area contributed by atoms with Gasteiger partial charge >= 0.3 is 0 Å². The number of anilines is 1. The summed E-state index contributed by atoms with van der Waals surface area (Å²) in [5.74, 6) is 1.57. The first kappa shape index (κ1) is 19.4. The Bertz CT molecular complexity index is 1160. The van der Waals surface area contributed by atoms with E-state index < -0.39 is 5.91 Å². The van der Waals surface area contributed by atoms with E-state index in [1.165, 1.54) is 0 Å². The quantitative estimate of drug-likeness (QED) is 0.611. The van der Waals surface area contributed by atoms with Crippen molar-refractivity contribution < 1.29 is 14.1 Å². The van der Waals surface area contributed by atoms with Gasteiger partial charge in [0.05, 0.1) is 10.6 Å². The van der Waals surface area contributed by atoms with Crippen LogP contribution in [0.4, 0.5) is 10.7 Å². The van der Waals surface area contributed by atoms with Crippen LogP contribution in [-0.4, -0.2) is 49.3 Å². The Kier molecular flexibility index (Phi) is 5.16. The summed E-state index contributed by atoms with van der Waals surface area (Å²) in [6.07, 6.45) is 8.31. The monoisotopic (exact) mass is 435 g/mol. The van der Waals surface area contributed by atoms with E-state index >= 15 is 0 Å². The first-order valence-electron chi connectivity index (χ1n) is 9.72. The molecule has 11 heteroatoms. The Morgan fingerprint density at radius 2 is 1.90 bits per heavy atom. The van der Waals surface area contributed by atoms with Crippen molar-refractivity contribution in [3.05, 3.63) is 53.3 Å². The summed E-state index contributed by atoms with van der Waals surface area (Å²) >= 11 is 0.869. The van der Waals surface area contributed by atoms with Gasteiger partial charge in [-0.25, -0.2) is 9.97 Å². The van der Waals surface area contributed by atoms with E-state index in [0.717, 1.165) is 43.3 Å². The number of nitrogens with zero attached hydrogens (tertiary/aromatic N) is 6. The average molecular weight is 435 g/mol. The van der Waals surface area contributed by atoms with E-state index in [1.807, 2.05) is 12.1 Å². The van der Waals surface area contributed by atoms with Gasteiger partial charge in [-0.2, -0.15) is 4.98 Å². The minimum absolute atomic E-state index is 0.175. The van der Waals surface area contributed by atoms with Gasteiger partial charge in [-0.1, -0.05) is 5.16 Å². The molecule has 0 aromatic carbocycles. The summed E-state index contributed by atoms with van der Waals surface area (Å²) in [4.78, 5) is 42.9. The zero-order chi connectivity index (χ0) is 21.2. The second kappa shape index (κ2) is 8.26. The average Bonchev–Trinajstić information content (AvgIpc) is 3.41. The van der Waals surface area contributed by atoms with E-state index in [2.05, 4.69) is 35.3 Å². The van der Waals surface area contributed by atoms with Crippen LogP contribution < -0.4 is 10.2 Å². The highest BCUT2D eigenvalue weighted by Gasteiger charge is 2.27. The predicted octanol–water partition coefficient (Wildman–Crippen LogP) is 2.63. The van der Waals surface area contributed by atoms with Crippen LogP contribution in [0.25, 0.3) is 17.5 Å². The van der Waals surface area contributed by atoms with Crippen molar-refractivity contribution in [1.29, 1.82) is 0 Å². The molecular formula is C20H17N7O3S. The van der Waals surface area contributed by atoms with Crippen molar-refractivity contribution in [3.63, 3.8) is 0 Å². The summed E-state index contributed by atoms with van der Waals surface area (Å²) in [5, 5.41) is 5.96. The highest BCUT2D eigenvalue weighted by atomic mass is 32.2. The lowest BCUT2D eigenvalue weighted by molar-refractivity contribution is -0.115. The Balaban J connectivity index is 1.25. The van der Waals surface area contributed by atoms with Crippen LogP contribution in [0.2, 0.25) is 0 Å². The van der Waals surface area contributed by atoms with Crippen LogP contribution >= 0.6 is 11.8 Å². The third kappa shape index (κ3) is 4.17. The van der Waals surface area contributed by atoms with E-state index in [4.69, 9.17) is 4.52 Å². The fourth-order valence-electron chi connectivity index (χ4n) is 3.50. The van der Waals surface area contributed by atoms with Crippen LogP contribution in [0.1, 0.15) is 30.3 Å². The first-order valence-corrected chi connectivity index (χ1v) is 10.5. The molecular weight excluding hydrogens is 418 g/mol. The van der Waals surface area contributed by atoms with Crippen molar-refractivity contribution in [2.45, 2.75) is 18.8 Å². The molecule has 156 valence electrons. The number of carbonyl (C=O) groups is 2. The molecule has 5 rings (SSSR count). The number of amides is 2. The van der Waals surface area contributed by atoms with Gasteiger partial charge in [0.2, 0.25) is 17.7 Å². The Hall–Kier alpha value is -3.60. The molecule has 2 amide bonds. The minimum atomic E-state index is -0.401. The molecule has 1 N–H and O–H groups in total. The molecule has 0 unspecified atom stereocenters. The summed E-state index contributed by atoms with van der Waals surface area (Å²) in [5.41, 5.74) is 1.45. The number of rotatable bonds is 4. The molecule has 2 aliphatic rings. The molecule has 0 spiro atoms. The number of piperidine rings is 1. The topological polar surface area (TPSA) is 127 Å². The third-order valence-corrected chi connectivity index (χ3v) is 5.90. The van der Waals surface area contributed by atoms with Crippen LogP contribution in [0.3, 0.4) is 0 Å². The van der Waals surface area contributed by atoms with Gasteiger partial charge in [0.1, 0.15) is 0 Å². The van der Waals surface area contributed by atoms with E-state index in [9.17, 15) is 9.59 Å². The largest absolute Gasteiger partial charge is 0.341 e. The van der Waals surface area contributed by atoms with E-state index in [0.29, 0.717) is 28.3 Å². The molecule has 0 radical (unpaired) electrons. The molecule has 3 aromatic rings. The van der Waals surface area contributed by atoms with Crippen LogP contribution in [0, 0.1) is 0 Å². The van der Waals surface area contributed by atoms with E-state index in [-0.39, 0.29) is 11.2 Å². The Morgan fingerprint density at radius 1 is 1.10 bits per heavy atom. The smallest absolute Gasteiger partial charge is 0.290 e. The Labute approximate surface area is 181 Å². The van der Waals surface area contributed by atoms with Crippen LogP contribution in [0.15, 0.2) is 46.2 Å². The van der Waals surface area contributed by atoms with Crippen molar-refractivity contribution in [3.8, 4) is 11.4 Å². The summed E-state index contributed by atoms with van der Waals surface area (Å²) in [7, 11) is 0. The molecule has 5 heterocycles. The van der Waals surface area contributed by atoms with Gasteiger partial charge in [-0.15, -0.1) is 0 Å². The Morgan fingerprint density at radius 3 is 2.65 bits per heavy atom. The van der Waals surface area contributed by atoms with Crippen LogP contribution in [-0.2, 0) is 4.79 Å². The lowest BCUT2D eigenvalue weighted by atomic mass is 9.97. The van der Waals surface area contributed by atoms with Crippen molar-refractivity contribution in [2.75, 3.05) is 18.0 Å². The van der Waals surface area contributed by atoms with E-state index in [1.54, 1.807) is 30.7 Å². The maximum Gasteiger partial charge on any atom is 0.290 e. The van der Waals surface area contributed by atoms with Crippen molar-refractivity contribution in [2.24, 2.45) is 0 Å². The molecule has 31 heavy (non-hydrogen) atoms. The van der Waals surface area contributed by atoms with Gasteiger partial charge in [-0.3, -0.25) is 19.9 Å². The molecule has 10 nitrogen and oxygen atoms in total. The van der Waals surface area contributed by atoms with Gasteiger partial charge in [0.15, 0.2) is 0 Å². The third-order valence-electron chi connectivity index (χ3n) is 5.09. The number of nitrogens with one attached hydrogen (secondary N) is 1. The maximum absolute atomic E-state index is 11.7. The number of imide groups is 1. The number of thioether (sulfide) groups is 1. The summed E-state index contributed by atoms with van der Waals surface area (Å²) < 4.78 is 5.50. The second-order valence-electron chi connectivity index (χ2n) is 7.09.